The summed E-state index contributed by atoms with van der Waals surface area (Å²) in [6.45, 7) is 4.72. The van der Waals surface area contributed by atoms with Gasteiger partial charge in [-0.05, 0) is 30.6 Å². The van der Waals surface area contributed by atoms with Gasteiger partial charge in [-0.3, -0.25) is 0 Å². The maximum atomic E-state index is 11.9. The van der Waals surface area contributed by atoms with Crippen LogP contribution in [0, 0.1) is 0 Å². The third kappa shape index (κ3) is 7.66. The molecule has 0 aromatic heterocycles. The summed E-state index contributed by atoms with van der Waals surface area (Å²) < 4.78 is 40.4. The van der Waals surface area contributed by atoms with Crippen LogP contribution in [0.3, 0.4) is 0 Å². The van der Waals surface area contributed by atoms with E-state index in [1.54, 1.807) is 12.2 Å². The Morgan fingerprint density at radius 2 is 1.94 bits per heavy atom. The molecule has 1 nitrogen and oxygen atoms in total. The fourth-order valence-electron chi connectivity index (χ4n) is 1.18. The number of hydrogen-bond acceptors (Lipinski definition) is 1. The predicted molar refractivity (Wildman–Crippen MR) is 63.6 cm³/mol. The lowest BCUT2D eigenvalue weighted by molar-refractivity contribution is -0.163. The fourth-order valence-corrected chi connectivity index (χ4v) is 1.18. The van der Waals surface area contributed by atoms with Crippen molar-refractivity contribution in [1.29, 1.82) is 0 Å². The van der Waals surface area contributed by atoms with Crippen LogP contribution in [0.25, 0.3) is 0 Å². The molecule has 0 bridgehead atoms. The normalized spacial score (nSPS) is 15.2. The topological polar surface area (TPSA) is 9.23 Å². The summed E-state index contributed by atoms with van der Waals surface area (Å²) in [7, 11) is 0. The molecule has 1 rings (SSSR count). The highest BCUT2D eigenvalue weighted by molar-refractivity contribution is 5.30. The summed E-state index contributed by atoms with van der Waals surface area (Å²) in [6.07, 6.45) is 4.21. The molecule has 0 heterocycles. The van der Waals surface area contributed by atoms with E-state index in [-0.39, 0.29) is 0 Å². The number of rotatable bonds is 3. The van der Waals surface area contributed by atoms with Gasteiger partial charge in [0.05, 0.1) is 0 Å². The lowest BCUT2D eigenvalue weighted by Crippen LogP contribution is -2.16. The van der Waals surface area contributed by atoms with Crippen molar-refractivity contribution < 1.29 is 17.9 Å². The summed E-state index contributed by atoms with van der Waals surface area (Å²) in [4.78, 5) is 0. The molecule has 0 aromatic carbocycles. The molecule has 17 heavy (non-hydrogen) atoms. The number of ether oxygens (including phenoxy) is 1. The first-order valence-corrected chi connectivity index (χ1v) is 5.78. The van der Waals surface area contributed by atoms with Gasteiger partial charge in [-0.1, -0.05) is 32.9 Å². The summed E-state index contributed by atoms with van der Waals surface area (Å²) in [5.74, 6) is 0.300. The van der Waals surface area contributed by atoms with E-state index in [9.17, 15) is 13.2 Å². The van der Waals surface area contributed by atoms with Crippen LogP contribution < -0.4 is 0 Å². The molecule has 98 valence electrons. The van der Waals surface area contributed by atoms with Gasteiger partial charge in [0.2, 0.25) is 0 Å². The molecule has 4 heteroatoms. The molecule has 0 aliphatic heterocycles. The second kappa shape index (κ2) is 7.98. The highest BCUT2D eigenvalue weighted by Gasteiger charge is 2.28. The molecule has 0 unspecified atom stereocenters. The van der Waals surface area contributed by atoms with E-state index in [1.807, 2.05) is 32.9 Å². The Balaban J connectivity index is 0.00000121. The van der Waals surface area contributed by atoms with Crippen LogP contribution >= 0.6 is 0 Å². The molecule has 0 fully saturated rings. The molecule has 0 spiro atoms. The number of allylic oxidation sites excluding steroid dienone is 5. The van der Waals surface area contributed by atoms with Crippen molar-refractivity contribution in [3.63, 3.8) is 0 Å². The number of halogens is 3. The van der Waals surface area contributed by atoms with Gasteiger partial charge in [-0.25, -0.2) is 0 Å². The Hall–Kier alpha value is -1.19. The van der Waals surface area contributed by atoms with E-state index in [2.05, 4.69) is 4.74 Å². The van der Waals surface area contributed by atoms with E-state index in [4.69, 9.17) is 0 Å². The third-order valence-electron chi connectivity index (χ3n) is 1.93. The quantitative estimate of drug-likeness (QED) is 0.699. The van der Waals surface area contributed by atoms with Gasteiger partial charge in [-0.15, -0.1) is 0 Å². The molecule has 0 saturated heterocycles. The standard InChI is InChI=1S/C11H13F3O.C2H6/c1-2-9-5-3-4-6-10(7-9)15-8-11(12,13)14;1-2/h3,5-7H,2,4,8H2,1H3;1-2H3. The van der Waals surface area contributed by atoms with Crippen molar-refractivity contribution >= 4 is 0 Å². The zero-order chi connectivity index (χ0) is 13.3. The SMILES string of the molecule is CC.CCC1=CC(OCC(F)(F)F)=CCC=C1. The Morgan fingerprint density at radius 1 is 1.29 bits per heavy atom. The van der Waals surface area contributed by atoms with E-state index in [0.717, 1.165) is 12.0 Å². The average Bonchev–Trinajstić information content (AvgIpc) is 2.53. The molecule has 0 atom stereocenters. The van der Waals surface area contributed by atoms with Crippen molar-refractivity contribution in [1.82, 2.24) is 0 Å². The second-order valence-electron chi connectivity index (χ2n) is 3.22. The van der Waals surface area contributed by atoms with Crippen LogP contribution in [0.15, 0.2) is 35.6 Å². The maximum Gasteiger partial charge on any atom is 0.422 e. The minimum Gasteiger partial charge on any atom is -0.484 e. The van der Waals surface area contributed by atoms with E-state index >= 15 is 0 Å². The van der Waals surface area contributed by atoms with Crippen molar-refractivity contribution in [2.45, 2.75) is 39.8 Å². The summed E-state index contributed by atoms with van der Waals surface area (Å²) in [5, 5.41) is 0. The Labute approximate surface area is 101 Å². The van der Waals surface area contributed by atoms with Crippen LogP contribution in [0.2, 0.25) is 0 Å². The fraction of sp³-hybridized carbons (Fsp3) is 0.538. The molecule has 0 aromatic rings. The van der Waals surface area contributed by atoms with Crippen LogP contribution in [-0.4, -0.2) is 12.8 Å². The van der Waals surface area contributed by atoms with E-state index in [1.165, 1.54) is 0 Å². The molecule has 0 amide bonds. The Kier molecular flexibility index (Phi) is 7.42. The van der Waals surface area contributed by atoms with Crippen LogP contribution in [0.4, 0.5) is 13.2 Å². The average molecular weight is 248 g/mol. The molecular weight excluding hydrogens is 229 g/mol. The maximum absolute atomic E-state index is 11.9. The van der Waals surface area contributed by atoms with Gasteiger partial charge in [0.1, 0.15) is 5.76 Å². The first-order chi connectivity index (χ1) is 8.01. The van der Waals surface area contributed by atoms with E-state index in [0.29, 0.717) is 12.2 Å². The third-order valence-corrected chi connectivity index (χ3v) is 1.93. The molecule has 1 aliphatic rings. The molecule has 0 saturated carbocycles. The smallest absolute Gasteiger partial charge is 0.422 e. The summed E-state index contributed by atoms with van der Waals surface area (Å²) >= 11 is 0. The molecule has 0 radical (unpaired) electrons. The van der Waals surface area contributed by atoms with Crippen molar-refractivity contribution in [3.8, 4) is 0 Å². The van der Waals surface area contributed by atoms with Crippen molar-refractivity contribution in [2.75, 3.05) is 6.61 Å². The second-order valence-corrected chi connectivity index (χ2v) is 3.22. The van der Waals surface area contributed by atoms with Gasteiger partial charge >= 0.3 is 6.18 Å². The highest BCUT2D eigenvalue weighted by Crippen LogP contribution is 2.19. The zero-order valence-corrected chi connectivity index (χ0v) is 10.5. The number of hydrogen-bond donors (Lipinski definition) is 0. The summed E-state index contributed by atoms with van der Waals surface area (Å²) in [5.41, 5.74) is 0.973. The van der Waals surface area contributed by atoms with Gasteiger partial charge in [0.15, 0.2) is 6.61 Å². The lowest BCUT2D eigenvalue weighted by atomic mass is 10.2. The van der Waals surface area contributed by atoms with E-state index < -0.39 is 12.8 Å². The van der Waals surface area contributed by atoms with Crippen LogP contribution in [-0.2, 0) is 4.74 Å². The van der Waals surface area contributed by atoms with Gasteiger partial charge in [-0.2, -0.15) is 13.2 Å². The minimum atomic E-state index is -4.28. The zero-order valence-electron chi connectivity index (χ0n) is 10.5. The van der Waals surface area contributed by atoms with Crippen molar-refractivity contribution in [3.05, 3.63) is 35.6 Å². The Morgan fingerprint density at radius 3 is 2.47 bits per heavy atom. The first-order valence-electron chi connectivity index (χ1n) is 5.78. The summed E-state index contributed by atoms with van der Waals surface area (Å²) in [6, 6.07) is 0. The van der Waals surface area contributed by atoms with Gasteiger partial charge in [0, 0.05) is 0 Å². The molecule has 1 aliphatic carbocycles. The van der Waals surface area contributed by atoms with Gasteiger partial charge < -0.3 is 4.74 Å². The van der Waals surface area contributed by atoms with Crippen LogP contribution in [0.1, 0.15) is 33.6 Å². The number of alkyl halides is 3. The van der Waals surface area contributed by atoms with Crippen LogP contribution in [0.5, 0.6) is 0 Å². The monoisotopic (exact) mass is 248 g/mol. The minimum absolute atomic E-state index is 0.300. The molecule has 0 N–H and O–H groups in total. The molecular formula is C13H19F3O. The predicted octanol–water partition coefficient (Wildman–Crippen LogP) is 4.77. The van der Waals surface area contributed by atoms with Gasteiger partial charge in [0.25, 0.3) is 0 Å². The largest absolute Gasteiger partial charge is 0.484 e. The lowest BCUT2D eigenvalue weighted by Gasteiger charge is -2.09. The van der Waals surface area contributed by atoms with Crippen molar-refractivity contribution in [2.24, 2.45) is 0 Å². The Bertz CT molecular complexity index is 298. The highest BCUT2D eigenvalue weighted by atomic mass is 19.4. The first kappa shape index (κ1) is 15.8.